The minimum atomic E-state index is -5.12. The van der Waals surface area contributed by atoms with Crippen molar-refractivity contribution < 1.29 is 71.7 Å². The van der Waals surface area contributed by atoms with Gasteiger partial charge in [0.15, 0.2) is 25.2 Å². The second kappa shape index (κ2) is 19.6. The Morgan fingerprint density at radius 3 is 1.53 bits per heavy atom. The van der Waals surface area contributed by atoms with Gasteiger partial charge in [0.2, 0.25) is 11.8 Å². The molecule has 2 N–H and O–H groups in total. The van der Waals surface area contributed by atoms with Crippen LogP contribution in [0.15, 0.2) is 83.1 Å². The van der Waals surface area contributed by atoms with Crippen molar-refractivity contribution >= 4 is 31.5 Å². The summed E-state index contributed by atoms with van der Waals surface area (Å²) in [5.74, 6) is -3.21. The monoisotopic (exact) mass is 1050 g/mol. The Balaban J connectivity index is 0.964. The molecule has 4 fully saturated rings. The SMILES string of the molecule is COc1cncc(-c2ccc(S(=O)(=O)[C@@H]3C[C@H](OC[N+]#CC4(NC(=O)[C@@H]5C[C@@H](S(=O)(=O)c6ccc(-c7cncc(OC)c7)cc6C(F)(F)F)CC5OC)CC4)[C@@H](C(=O)NC4(C#N)CC4)C3)c(C(F)(F)F)c2)c1. The van der Waals surface area contributed by atoms with Crippen molar-refractivity contribution in [1.29, 1.82) is 5.26 Å². The number of amides is 2. The fourth-order valence-electron chi connectivity index (χ4n) is 9.26. The van der Waals surface area contributed by atoms with Crippen LogP contribution in [-0.2, 0) is 51.1 Å². The van der Waals surface area contributed by atoms with E-state index >= 15 is 0 Å². The van der Waals surface area contributed by atoms with Crippen molar-refractivity contribution in [2.24, 2.45) is 11.8 Å². The van der Waals surface area contributed by atoms with Gasteiger partial charge in [0.05, 0.1) is 88.1 Å². The minimum absolute atomic E-state index is 0.0196. The zero-order valence-corrected chi connectivity index (χ0v) is 40.3. The van der Waals surface area contributed by atoms with E-state index in [0.717, 1.165) is 18.2 Å². The number of methoxy groups -OCH3 is 3. The maximum Gasteiger partial charge on any atom is 0.417 e. The zero-order chi connectivity index (χ0) is 52.0. The predicted molar refractivity (Wildman–Crippen MR) is 243 cm³/mol. The van der Waals surface area contributed by atoms with Gasteiger partial charge >= 0.3 is 25.2 Å². The molecule has 24 heteroatoms. The van der Waals surface area contributed by atoms with Gasteiger partial charge in [-0.05, 0) is 104 Å². The lowest BCUT2D eigenvalue weighted by molar-refractivity contribution is -0.140. The molecule has 0 saturated heterocycles. The third kappa shape index (κ3) is 10.7. The molecule has 2 amide bonds. The topological polar surface area (TPSA) is 217 Å². The van der Waals surface area contributed by atoms with Gasteiger partial charge in [-0.15, -0.1) is 0 Å². The van der Waals surface area contributed by atoms with Gasteiger partial charge in [0.25, 0.3) is 0 Å². The molecule has 2 heterocycles. The van der Waals surface area contributed by atoms with E-state index in [0.29, 0.717) is 31.7 Å². The van der Waals surface area contributed by atoms with E-state index in [1.54, 1.807) is 0 Å². The molecule has 4 aliphatic rings. The number of hydrogen-bond donors (Lipinski definition) is 2. The van der Waals surface area contributed by atoms with Crippen LogP contribution in [-0.4, -0.2) is 100 Å². The molecule has 0 radical (unpaired) electrons. The standard InChI is InChI=1S/C48H46F6N6O10S2/c1-67-31-12-29(20-56-22-31)27-4-6-41(37(14-27)47(49,50)51)71(63,64)33-16-35(39(18-33)69-3)43(61)60-46(10-11-46)25-58-26-70-40-19-34(17-36(40)44(62)59-45(24-55)8-9-45)72(65,66)42-7-5-28(15-38(42)48(52,53)54)30-13-32(68-2)23-57-21-30/h4-7,12-15,20-23,33-36,39-40H,8-11,16-19,26H2,1-3H3,(H-,59,60,61,62)/p+1/t33-,34+,35-,36+,39?,40+/m1/s1. The Hall–Kier alpha value is -6.34. The number of rotatable bonds is 15. The number of carbonyl (C=O) groups excluding carboxylic acids is 2. The van der Waals surface area contributed by atoms with Gasteiger partial charge in [-0.2, -0.15) is 31.6 Å². The molecule has 0 bridgehead atoms. The highest BCUT2D eigenvalue weighted by Gasteiger charge is 2.55. The molecular weight excluding hydrogens is 999 g/mol. The molecule has 0 spiro atoms. The number of aromatic nitrogens is 2. The molecule has 4 aromatic rings. The number of nitrogens with zero attached hydrogens (tertiary/aromatic N) is 4. The Bertz CT molecular complexity index is 3110. The Morgan fingerprint density at radius 2 is 1.11 bits per heavy atom. The molecule has 2 aromatic carbocycles. The average Bonchev–Trinajstić information content (AvgIpc) is 4.20. The van der Waals surface area contributed by atoms with Gasteiger partial charge in [0, 0.05) is 30.6 Å². The van der Waals surface area contributed by atoms with Gasteiger partial charge in [0.1, 0.15) is 17.0 Å². The van der Waals surface area contributed by atoms with E-state index in [2.05, 4.69) is 31.5 Å². The minimum Gasteiger partial charge on any atom is -0.495 e. The Kier molecular flexibility index (Phi) is 14.1. The molecule has 0 aliphatic heterocycles. The molecule has 72 heavy (non-hydrogen) atoms. The van der Waals surface area contributed by atoms with E-state index in [1.807, 2.05) is 6.07 Å². The van der Waals surface area contributed by atoms with Crippen LogP contribution in [0.5, 0.6) is 11.5 Å². The summed E-state index contributed by atoms with van der Waals surface area (Å²) in [5, 5.41) is 12.1. The Morgan fingerprint density at radius 1 is 0.667 bits per heavy atom. The first-order valence-electron chi connectivity index (χ1n) is 22.5. The maximum atomic E-state index is 14.6. The van der Waals surface area contributed by atoms with Gasteiger partial charge < -0.3 is 29.6 Å². The molecule has 16 nitrogen and oxygen atoms in total. The van der Waals surface area contributed by atoms with Crippen LogP contribution in [0.4, 0.5) is 26.3 Å². The first-order valence-corrected chi connectivity index (χ1v) is 25.6. The van der Waals surface area contributed by atoms with Crippen molar-refractivity contribution in [3.05, 3.63) is 89.3 Å². The highest BCUT2D eigenvalue weighted by atomic mass is 32.2. The maximum absolute atomic E-state index is 14.6. The van der Waals surface area contributed by atoms with Gasteiger partial charge in [-0.1, -0.05) is 12.1 Å². The lowest BCUT2D eigenvalue weighted by atomic mass is 10.0. The van der Waals surface area contributed by atoms with Crippen LogP contribution in [0, 0.1) is 29.2 Å². The van der Waals surface area contributed by atoms with E-state index in [-0.39, 0.29) is 46.6 Å². The first kappa shape index (κ1) is 52.0. The number of hydrogen-bond acceptors (Lipinski definition) is 13. The van der Waals surface area contributed by atoms with Crippen molar-refractivity contribution in [3.63, 3.8) is 0 Å². The van der Waals surface area contributed by atoms with Crippen LogP contribution in [0.25, 0.3) is 27.1 Å². The summed E-state index contributed by atoms with van der Waals surface area (Å²) in [4.78, 5) is 37.6. The zero-order valence-electron chi connectivity index (χ0n) is 38.7. The summed E-state index contributed by atoms with van der Waals surface area (Å²) >= 11 is 0. The molecule has 382 valence electrons. The molecule has 1 unspecified atom stereocenters. The molecular formula is C48H47F6N6O10S2+. The van der Waals surface area contributed by atoms with Crippen molar-refractivity contribution in [1.82, 2.24) is 20.6 Å². The number of benzene rings is 2. The third-order valence-corrected chi connectivity index (χ3v) is 18.1. The van der Waals surface area contributed by atoms with Crippen molar-refractivity contribution in [2.75, 3.05) is 28.1 Å². The van der Waals surface area contributed by atoms with E-state index < -0.39 is 130 Å². The smallest absolute Gasteiger partial charge is 0.417 e. The molecule has 4 saturated carbocycles. The number of pyridine rings is 2. The van der Waals surface area contributed by atoms with Gasteiger partial charge in [-0.3, -0.25) is 19.6 Å². The molecule has 8 rings (SSSR count). The second-order valence-corrected chi connectivity index (χ2v) is 22.7. The lowest BCUT2D eigenvalue weighted by Gasteiger charge is -2.19. The van der Waals surface area contributed by atoms with E-state index in [1.165, 1.54) is 70.4 Å². The summed E-state index contributed by atoms with van der Waals surface area (Å²) in [6.45, 7) is -0.543. The summed E-state index contributed by atoms with van der Waals surface area (Å²) < 4.78 is 166. The number of sulfone groups is 2. The number of alkyl halides is 6. The van der Waals surface area contributed by atoms with E-state index in [9.17, 15) is 58.0 Å². The molecule has 6 atom stereocenters. The fraction of sp³-hybridized carbons (Fsp3) is 0.458. The number of nitrogens with one attached hydrogen (secondary N) is 2. The highest BCUT2D eigenvalue weighted by molar-refractivity contribution is 7.92. The lowest BCUT2D eigenvalue weighted by Crippen LogP contribution is -2.42. The third-order valence-electron chi connectivity index (χ3n) is 13.6. The quantitative estimate of drug-likeness (QED) is 0.113. The summed E-state index contributed by atoms with van der Waals surface area (Å²) in [5.41, 5.74) is -4.62. The number of carbonyl (C=O) groups is 2. The summed E-state index contributed by atoms with van der Waals surface area (Å²) in [7, 11) is -5.56. The molecule has 2 aromatic heterocycles. The van der Waals surface area contributed by atoms with Crippen LogP contribution >= 0.6 is 0 Å². The largest absolute Gasteiger partial charge is 0.495 e. The van der Waals surface area contributed by atoms with Crippen LogP contribution in [0.2, 0.25) is 0 Å². The summed E-state index contributed by atoms with van der Waals surface area (Å²) in [6, 6.07) is 13.3. The van der Waals surface area contributed by atoms with Crippen LogP contribution < -0.4 is 20.1 Å². The second-order valence-electron chi connectivity index (χ2n) is 18.3. The number of halogens is 6. The Labute approximate surface area is 410 Å². The van der Waals surface area contributed by atoms with Crippen LogP contribution in [0.1, 0.15) is 62.5 Å². The summed E-state index contributed by atoms with van der Waals surface area (Å²) in [6.07, 6.45) is -7.32. The molecule has 4 aliphatic carbocycles. The predicted octanol–water partition coefficient (Wildman–Crippen LogP) is 7.18. The average molecular weight is 1050 g/mol. The normalized spacial score (nSPS) is 23.2. The first-order chi connectivity index (χ1) is 34.0. The van der Waals surface area contributed by atoms with Gasteiger partial charge in [-0.25, -0.2) is 16.8 Å². The highest BCUT2D eigenvalue weighted by Crippen LogP contribution is 2.46. The van der Waals surface area contributed by atoms with Crippen molar-refractivity contribution in [3.8, 4) is 45.9 Å². The fourth-order valence-corrected chi connectivity index (χ4v) is 13.3. The number of nitriles is 1. The van der Waals surface area contributed by atoms with Crippen molar-refractivity contribution in [2.45, 2.75) is 107 Å². The van der Waals surface area contributed by atoms with E-state index in [4.69, 9.17) is 18.9 Å². The van der Waals surface area contributed by atoms with Crippen LogP contribution in [0.3, 0.4) is 0 Å². The number of ether oxygens (including phenoxy) is 4.